The van der Waals surface area contributed by atoms with Gasteiger partial charge >= 0.3 is 6.09 Å². The third-order valence-electron chi connectivity index (χ3n) is 3.07. The van der Waals surface area contributed by atoms with Crippen LogP contribution >= 0.6 is 0 Å². The summed E-state index contributed by atoms with van der Waals surface area (Å²) in [5.41, 5.74) is 8.23. The van der Waals surface area contributed by atoms with Crippen LogP contribution in [0.1, 0.15) is 32.2 Å². The molecule has 1 aromatic carbocycles. The van der Waals surface area contributed by atoms with E-state index in [2.05, 4.69) is 4.98 Å². The summed E-state index contributed by atoms with van der Waals surface area (Å²) < 4.78 is 6.96. The highest BCUT2D eigenvalue weighted by molar-refractivity contribution is 5.79. The molecule has 5 nitrogen and oxygen atoms in total. The van der Waals surface area contributed by atoms with Gasteiger partial charge in [-0.25, -0.2) is 14.3 Å². The van der Waals surface area contributed by atoms with Crippen molar-refractivity contribution in [2.45, 2.75) is 40.2 Å². The highest BCUT2D eigenvalue weighted by Gasteiger charge is 2.24. The molecular weight excluding hydrogens is 266 g/mol. The minimum absolute atomic E-state index is 0.432. The van der Waals surface area contributed by atoms with Crippen LogP contribution in [0.4, 0.5) is 10.5 Å². The SMILES string of the molecule is Cc1nc(-c2cccc(N)c2)n(C(=O)OC(C)(C)C)c1C. The minimum Gasteiger partial charge on any atom is -0.443 e. The van der Waals surface area contributed by atoms with E-state index in [1.165, 1.54) is 4.57 Å². The van der Waals surface area contributed by atoms with Crippen molar-refractivity contribution in [3.05, 3.63) is 35.7 Å². The lowest BCUT2D eigenvalue weighted by Crippen LogP contribution is -2.28. The summed E-state index contributed by atoms with van der Waals surface area (Å²) >= 11 is 0. The summed E-state index contributed by atoms with van der Waals surface area (Å²) in [6, 6.07) is 7.30. The van der Waals surface area contributed by atoms with Gasteiger partial charge in [-0.05, 0) is 46.8 Å². The number of hydrogen-bond acceptors (Lipinski definition) is 4. The lowest BCUT2D eigenvalue weighted by atomic mass is 10.2. The zero-order chi connectivity index (χ0) is 15.8. The van der Waals surface area contributed by atoms with Gasteiger partial charge in [0.15, 0.2) is 0 Å². The van der Waals surface area contributed by atoms with E-state index >= 15 is 0 Å². The Hall–Kier alpha value is -2.30. The third kappa shape index (κ3) is 3.24. The van der Waals surface area contributed by atoms with Crippen LogP contribution < -0.4 is 5.73 Å². The molecule has 0 aliphatic rings. The smallest absolute Gasteiger partial charge is 0.420 e. The van der Waals surface area contributed by atoms with Gasteiger partial charge in [-0.2, -0.15) is 0 Å². The fourth-order valence-corrected chi connectivity index (χ4v) is 2.01. The number of aryl methyl sites for hydroxylation is 1. The Kier molecular flexibility index (Phi) is 3.77. The van der Waals surface area contributed by atoms with E-state index in [4.69, 9.17) is 10.5 Å². The van der Waals surface area contributed by atoms with Crippen molar-refractivity contribution in [2.24, 2.45) is 0 Å². The number of carbonyl (C=O) groups is 1. The molecule has 21 heavy (non-hydrogen) atoms. The molecule has 0 spiro atoms. The first kappa shape index (κ1) is 15.1. The number of ether oxygens (including phenoxy) is 1. The Bertz CT molecular complexity index is 681. The molecule has 5 heteroatoms. The lowest BCUT2D eigenvalue weighted by molar-refractivity contribution is 0.0536. The molecule has 0 radical (unpaired) electrons. The standard InChI is InChI=1S/C16H21N3O2/c1-10-11(2)19(15(20)21-16(3,4)5)14(18-10)12-7-6-8-13(17)9-12/h6-9H,17H2,1-5H3. The molecule has 2 rings (SSSR count). The quantitative estimate of drug-likeness (QED) is 0.814. The molecule has 0 saturated carbocycles. The van der Waals surface area contributed by atoms with Gasteiger partial charge in [0.05, 0.1) is 5.69 Å². The van der Waals surface area contributed by atoms with Crippen LogP contribution in [0, 0.1) is 13.8 Å². The topological polar surface area (TPSA) is 70.1 Å². The zero-order valence-corrected chi connectivity index (χ0v) is 13.1. The number of hydrogen-bond donors (Lipinski definition) is 1. The Morgan fingerprint density at radius 1 is 1.29 bits per heavy atom. The largest absolute Gasteiger partial charge is 0.443 e. The van der Waals surface area contributed by atoms with Crippen LogP contribution in [-0.4, -0.2) is 21.2 Å². The molecule has 1 heterocycles. The molecule has 0 amide bonds. The van der Waals surface area contributed by atoms with Crippen molar-refractivity contribution in [2.75, 3.05) is 5.73 Å². The van der Waals surface area contributed by atoms with E-state index in [1.54, 1.807) is 12.1 Å². The van der Waals surface area contributed by atoms with Gasteiger partial charge in [-0.15, -0.1) is 0 Å². The van der Waals surface area contributed by atoms with Crippen molar-refractivity contribution in [1.82, 2.24) is 9.55 Å². The Labute approximate surface area is 124 Å². The second kappa shape index (κ2) is 5.24. The average Bonchev–Trinajstić information content (AvgIpc) is 2.64. The van der Waals surface area contributed by atoms with Crippen molar-refractivity contribution in [3.8, 4) is 11.4 Å². The van der Waals surface area contributed by atoms with Gasteiger partial charge in [-0.1, -0.05) is 12.1 Å². The Balaban J connectivity index is 2.53. The van der Waals surface area contributed by atoms with Gasteiger partial charge in [0.1, 0.15) is 11.4 Å². The summed E-state index contributed by atoms with van der Waals surface area (Å²) in [6.45, 7) is 9.23. The molecule has 1 aromatic heterocycles. The molecule has 2 aromatic rings. The molecule has 0 aliphatic heterocycles. The minimum atomic E-state index is -0.561. The first-order valence-corrected chi connectivity index (χ1v) is 6.84. The summed E-state index contributed by atoms with van der Waals surface area (Å²) in [7, 11) is 0. The molecule has 0 unspecified atom stereocenters. The second-order valence-electron chi connectivity index (χ2n) is 6.05. The zero-order valence-electron chi connectivity index (χ0n) is 13.1. The van der Waals surface area contributed by atoms with Crippen LogP contribution in [0.2, 0.25) is 0 Å². The predicted octanol–water partition coefficient (Wildman–Crippen LogP) is 3.53. The first-order chi connectivity index (χ1) is 9.69. The van der Waals surface area contributed by atoms with E-state index in [0.717, 1.165) is 17.0 Å². The summed E-state index contributed by atoms with van der Waals surface area (Å²) in [4.78, 5) is 16.9. The van der Waals surface area contributed by atoms with E-state index in [-0.39, 0.29) is 0 Å². The normalized spacial score (nSPS) is 11.5. The number of carbonyl (C=O) groups excluding carboxylic acids is 1. The lowest BCUT2D eigenvalue weighted by Gasteiger charge is -2.20. The Morgan fingerprint density at radius 2 is 1.95 bits per heavy atom. The van der Waals surface area contributed by atoms with Crippen molar-refractivity contribution >= 4 is 11.8 Å². The highest BCUT2D eigenvalue weighted by Crippen LogP contribution is 2.25. The monoisotopic (exact) mass is 287 g/mol. The summed E-state index contributed by atoms with van der Waals surface area (Å²) in [5, 5.41) is 0. The molecule has 0 fully saturated rings. The summed E-state index contributed by atoms with van der Waals surface area (Å²) in [6.07, 6.45) is -0.432. The number of nitrogens with zero attached hydrogens (tertiary/aromatic N) is 2. The van der Waals surface area contributed by atoms with Crippen LogP contribution in [-0.2, 0) is 4.74 Å². The van der Waals surface area contributed by atoms with Gasteiger partial charge in [0.2, 0.25) is 0 Å². The van der Waals surface area contributed by atoms with E-state index in [1.807, 2.05) is 46.8 Å². The number of nitrogens with two attached hydrogens (primary N) is 1. The van der Waals surface area contributed by atoms with E-state index in [9.17, 15) is 4.79 Å². The average molecular weight is 287 g/mol. The second-order valence-corrected chi connectivity index (χ2v) is 6.05. The van der Waals surface area contributed by atoms with Crippen molar-refractivity contribution in [1.29, 1.82) is 0 Å². The number of imidazole rings is 1. The molecule has 0 bridgehead atoms. The van der Waals surface area contributed by atoms with Crippen molar-refractivity contribution < 1.29 is 9.53 Å². The molecule has 0 aliphatic carbocycles. The maximum Gasteiger partial charge on any atom is 0.420 e. The van der Waals surface area contributed by atoms with Crippen LogP contribution in [0.25, 0.3) is 11.4 Å². The number of nitrogen functional groups attached to an aromatic ring is 1. The highest BCUT2D eigenvalue weighted by atomic mass is 16.6. The van der Waals surface area contributed by atoms with Crippen molar-refractivity contribution in [3.63, 3.8) is 0 Å². The van der Waals surface area contributed by atoms with E-state index < -0.39 is 11.7 Å². The van der Waals surface area contributed by atoms with E-state index in [0.29, 0.717) is 11.5 Å². The fraction of sp³-hybridized carbons (Fsp3) is 0.375. The number of aromatic nitrogens is 2. The molecule has 2 N–H and O–H groups in total. The van der Waals surface area contributed by atoms with Gasteiger partial charge in [0, 0.05) is 16.9 Å². The Morgan fingerprint density at radius 3 is 2.52 bits per heavy atom. The third-order valence-corrected chi connectivity index (χ3v) is 3.07. The van der Waals surface area contributed by atoms with Gasteiger partial charge < -0.3 is 10.5 Å². The number of anilines is 1. The summed E-state index contributed by atoms with van der Waals surface area (Å²) in [5.74, 6) is 0.548. The van der Waals surface area contributed by atoms with Crippen LogP contribution in [0.5, 0.6) is 0 Å². The van der Waals surface area contributed by atoms with Crippen LogP contribution in [0.3, 0.4) is 0 Å². The fourth-order valence-electron chi connectivity index (χ4n) is 2.01. The number of benzene rings is 1. The van der Waals surface area contributed by atoms with Gasteiger partial charge in [0.25, 0.3) is 0 Å². The maximum absolute atomic E-state index is 12.4. The molecule has 0 saturated heterocycles. The molecule has 0 atom stereocenters. The predicted molar refractivity (Wildman–Crippen MR) is 83.2 cm³/mol. The first-order valence-electron chi connectivity index (χ1n) is 6.84. The molecular formula is C16H21N3O2. The van der Waals surface area contributed by atoms with Gasteiger partial charge in [-0.3, -0.25) is 0 Å². The molecule has 112 valence electrons. The van der Waals surface area contributed by atoms with Crippen LogP contribution in [0.15, 0.2) is 24.3 Å². The number of rotatable bonds is 1. The maximum atomic E-state index is 12.4.